The Bertz CT molecular complexity index is 1180. The van der Waals surface area contributed by atoms with E-state index in [2.05, 4.69) is 16.0 Å². The molecule has 3 aromatic carbocycles. The average molecular weight is 463 g/mol. The monoisotopic (exact) mass is 463 g/mol. The quantitative estimate of drug-likeness (QED) is 0.467. The van der Waals surface area contributed by atoms with Crippen LogP contribution in [0.25, 0.3) is 0 Å². The van der Waals surface area contributed by atoms with Gasteiger partial charge in [-0.1, -0.05) is 18.2 Å². The van der Waals surface area contributed by atoms with E-state index in [-0.39, 0.29) is 18.4 Å². The van der Waals surface area contributed by atoms with Crippen molar-refractivity contribution in [3.8, 4) is 23.0 Å². The predicted octanol–water partition coefficient (Wildman–Crippen LogP) is 3.78. The van der Waals surface area contributed by atoms with Crippen molar-refractivity contribution in [2.75, 3.05) is 49.9 Å². The number of carbonyl (C=O) groups excluding carboxylic acids is 2. The van der Waals surface area contributed by atoms with Crippen LogP contribution in [-0.4, -0.2) is 45.8 Å². The molecule has 9 nitrogen and oxygen atoms in total. The fourth-order valence-corrected chi connectivity index (χ4v) is 3.42. The molecule has 34 heavy (non-hydrogen) atoms. The van der Waals surface area contributed by atoms with Crippen LogP contribution in [0.5, 0.6) is 23.0 Å². The Morgan fingerprint density at radius 2 is 1.50 bits per heavy atom. The molecular formula is C25H25N3O6. The van der Waals surface area contributed by atoms with Gasteiger partial charge in [0.05, 0.1) is 32.1 Å². The molecular weight excluding hydrogens is 438 g/mol. The number of benzene rings is 3. The third-order valence-corrected chi connectivity index (χ3v) is 5.07. The van der Waals surface area contributed by atoms with Crippen LogP contribution in [0.1, 0.15) is 10.4 Å². The second-order valence-corrected chi connectivity index (χ2v) is 7.33. The number of hydrogen-bond donors (Lipinski definition) is 3. The lowest BCUT2D eigenvalue weighted by molar-refractivity contribution is -0.114. The van der Waals surface area contributed by atoms with Crippen molar-refractivity contribution < 1.29 is 28.5 Å². The minimum absolute atomic E-state index is 0.0241. The third-order valence-electron chi connectivity index (χ3n) is 5.07. The van der Waals surface area contributed by atoms with Gasteiger partial charge in [-0.25, -0.2) is 0 Å². The lowest BCUT2D eigenvalue weighted by Crippen LogP contribution is -2.22. The first-order valence-corrected chi connectivity index (χ1v) is 10.6. The standard InChI is InChI=1S/C25H25N3O6/c1-31-21-14-19(28-25(30)16-6-4-3-5-7-16)22(32-2)13-18(21)26-15-24(29)27-17-8-9-20-23(12-17)34-11-10-33-20/h3-9,12-14,26H,10-11,15H2,1-2H3,(H,27,29)(H,28,30). The summed E-state index contributed by atoms with van der Waals surface area (Å²) in [5, 5.41) is 8.69. The van der Waals surface area contributed by atoms with Gasteiger partial charge in [-0.05, 0) is 24.3 Å². The molecule has 3 aromatic rings. The summed E-state index contributed by atoms with van der Waals surface area (Å²) < 4.78 is 21.9. The molecule has 0 aromatic heterocycles. The lowest BCUT2D eigenvalue weighted by atomic mass is 10.2. The third kappa shape index (κ3) is 5.32. The second kappa shape index (κ2) is 10.5. The number of rotatable bonds is 8. The summed E-state index contributed by atoms with van der Waals surface area (Å²) in [7, 11) is 3.00. The number of fused-ring (bicyclic) bond motifs is 1. The van der Waals surface area contributed by atoms with E-state index in [9.17, 15) is 9.59 Å². The van der Waals surface area contributed by atoms with E-state index in [1.54, 1.807) is 54.6 Å². The molecule has 9 heteroatoms. The highest BCUT2D eigenvalue weighted by molar-refractivity contribution is 6.05. The highest BCUT2D eigenvalue weighted by Gasteiger charge is 2.16. The Balaban J connectivity index is 1.43. The Hall–Kier alpha value is -4.40. The molecule has 0 spiro atoms. The Morgan fingerprint density at radius 1 is 0.824 bits per heavy atom. The molecule has 0 fully saturated rings. The molecule has 0 bridgehead atoms. The summed E-state index contributed by atoms with van der Waals surface area (Å²) in [6.45, 7) is 0.946. The van der Waals surface area contributed by atoms with Gasteiger partial charge in [0.2, 0.25) is 5.91 Å². The van der Waals surface area contributed by atoms with E-state index in [0.29, 0.717) is 58.8 Å². The van der Waals surface area contributed by atoms with Crippen LogP contribution in [0.3, 0.4) is 0 Å². The fourth-order valence-electron chi connectivity index (χ4n) is 3.42. The maximum absolute atomic E-state index is 12.6. The van der Waals surface area contributed by atoms with Gasteiger partial charge >= 0.3 is 0 Å². The van der Waals surface area contributed by atoms with Crippen molar-refractivity contribution in [2.24, 2.45) is 0 Å². The van der Waals surface area contributed by atoms with Crippen LogP contribution >= 0.6 is 0 Å². The zero-order valence-corrected chi connectivity index (χ0v) is 18.8. The van der Waals surface area contributed by atoms with E-state index in [1.807, 2.05) is 6.07 Å². The highest BCUT2D eigenvalue weighted by atomic mass is 16.6. The van der Waals surface area contributed by atoms with Crippen LogP contribution < -0.4 is 34.9 Å². The normalized spacial score (nSPS) is 11.8. The molecule has 176 valence electrons. The van der Waals surface area contributed by atoms with Crippen molar-refractivity contribution in [1.82, 2.24) is 0 Å². The summed E-state index contributed by atoms with van der Waals surface area (Å²) in [4.78, 5) is 25.1. The minimum Gasteiger partial charge on any atom is -0.495 e. The van der Waals surface area contributed by atoms with E-state index >= 15 is 0 Å². The zero-order valence-electron chi connectivity index (χ0n) is 18.8. The van der Waals surface area contributed by atoms with Crippen molar-refractivity contribution in [3.05, 3.63) is 66.2 Å². The Labute approximate surface area is 197 Å². The van der Waals surface area contributed by atoms with E-state index in [4.69, 9.17) is 18.9 Å². The van der Waals surface area contributed by atoms with Gasteiger partial charge in [0.15, 0.2) is 11.5 Å². The van der Waals surface area contributed by atoms with E-state index in [0.717, 1.165) is 0 Å². The first kappa shape index (κ1) is 22.8. The van der Waals surface area contributed by atoms with Gasteiger partial charge in [0.1, 0.15) is 24.7 Å². The first-order valence-electron chi connectivity index (χ1n) is 10.6. The lowest BCUT2D eigenvalue weighted by Gasteiger charge is -2.19. The average Bonchev–Trinajstić information content (AvgIpc) is 2.88. The van der Waals surface area contributed by atoms with Gasteiger partial charge in [0.25, 0.3) is 5.91 Å². The maximum Gasteiger partial charge on any atom is 0.255 e. The van der Waals surface area contributed by atoms with Gasteiger partial charge < -0.3 is 34.9 Å². The van der Waals surface area contributed by atoms with Crippen molar-refractivity contribution in [1.29, 1.82) is 0 Å². The molecule has 2 amide bonds. The highest BCUT2D eigenvalue weighted by Crippen LogP contribution is 2.37. The van der Waals surface area contributed by atoms with Crippen LogP contribution in [0.2, 0.25) is 0 Å². The van der Waals surface area contributed by atoms with Gasteiger partial charge in [-0.2, -0.15) is 0 Å². The predicted molar refractivity (Wildman–Crippen MR) is 128 cm³/mol. The largest absolute Gasteiger partial charge is 0.495 e. The Morgan fingerprint density at radius 3 is 2.24 bits per heavy atom. The molecule has 0 unspecified atom stereocenters. The number of nitrogens with one attached hydrogen (secondary N) is 3. The summed E-state index contributed by atoms with van der Waals surface area (Å²) in [6.07, 6.45) is 0. The number of hydrogen-bond acceptors (Lipinski definition) is 7. The first-order chi connectivity index (χ1) is 16.6. The minimum atomic E-state index is -0.277. The van der Waals surface area contributed by atoms with E-state index in [1.165, 1.54) is 14.2 Å². The van der Waals surface area contributed by atoms with Gasteiger partial charge in [-0.15, -0.1) is 0 Å². The van der Waals surface area contributed by atoms with Crippen molar-refractivity contribution in [2.45, 2.75) is 0 Å². The van der Waals surface area contributed by atoms with Gasteiger partial charge in [0, 0.05) is 29.4 Å². The number of amides is 2. The Kier molecular flexibility index (Phi) is 7.02. The summed E-state index contributed by atoms with van der Waals surface area (Å²) in [6, 6.07) is 17.4. The fraction of sp³-hybridized carbons (Fsp3) is 0.200. The molecule has 1 aliphatic heterocycles. The second-order valence-electron chi connectivity index (χ2n) is 7.33. The number of ether oxygens (including phenoxy) is 4. The maximum atomic E-state index is 12.6. The molecule has 0 saturated carbocycles. The number of carbonyl (C=O) groups is 2. The molecule has 0 saturated heterocycles. The number of anilines is 3. The molecule has 4 rings (SSSR count). The van der Waals surface area contributed by atoms with Crippen LogP contribution in [0.15, 0.2) is 60.7 Å². The molecule has 1 aliphatic rings. The van der Waals surface area contributed by atoms with Crippen LogP contribution in [-0.2, 0) is 4.79 Å². The van der Waals surface area contributed by atoms with Crippen LogP contribution in [0.4, 0.5) is 17.1 Å². The van der Waals surface area contributed by atoms with E-state index < -0.39 is 0 Å². The topological polar surface area (TPSA) is 107 Å². The van der Waals surface area contributed by atoms with Crippen molar-refractivity contribution >= 4 is 28.9 Å². The SMILES string of the molecule is COc1cc(NC(=O)c2ccccc2)c(OC)cc1NCC(=O)Nc1ccc2c(c1)OCCO2. The summed E-state index contributed by atoms with van der Waals surface area (Å²) in [5.41, 5.74) is 2.09. The molecule has 3 N–H and O–H groups in total. The molecule has 0 aliphatic carbocycles. The van der Waals surface area contributed by atoms with Crippen LogP contribution in [0, 0.1) is 0 Å². The summed E-state index contributed by atoms with van der Waals surface area (Å²) in [5.74, 6) is 1.56. The molecule has 0 atom stereocenters. The zero-order chi connectivity index (χ0) is 23.9. The smallest absolute Gasteiger partial charge is 0.255 e. The number of methoxy groups -OCH3 is 2. The van der Waals surface area contributed by atoms with Gasteiger partial charge in [-0.3, -0.25) is 9.59 Å². The molecule has 1 heterocycles. The summed E-state index contributed by atoms with van der Waals surface area (Å²) >= 11 is 0. The van der Waals surface area contributed by atoms with Crippen molar-refractivity contribution in [3.63, 3.8) is 0 Å². The molecule has 0 radical (unpaired) electrons.